The molecule has 0 atom stereocenters. The van der Waals surface area contributed by atoms with Crippen LogP contribution in [-0.4, -0.2) is 5.91 Å². The molecule has 1 saturated carbocycles. The van der Waals surface area contributed by atoms with Gasteiger partial charge in [0, 0.05) is 5.56 Å². The topological polar surface area (TPSA) is 29.1 Å². The quantitative estimate of drug-likeness (QED) is 0.742. The molecule has 0 unspecified atom stereocenters. The molecule has 2 aliphatic rings. The van der Waals surface area contributed by atoms with Gasteiger partial charge in [-0.25, -0.2) is 0 Å². The van der Waals surface area contributed by atoms with Crippen molar-refractivity contribution in [2.45, 2.75) is 38.1 Å². The molecule has 15 heavy (non-hydrogen) atoms. The Morgan fingerprint density at radius 3 is 2.80 bits per heavy atom. The number of benzene rings is 1. The number of amides is 1. The lowest BCUT2D eigenvalue weighted by Gasteiger charge is -2.39. The first-order valence-corrected chi connectivity index (χ1v) is 5.71. The normalized spacial score (nSPS) is 21.0. The molecule has 1 amide bonds. The minimum Gasteiger partial charge on any atom is -0.342 e. The van der Waals surface area contributed by atoms with Gasteiger partial charge in [0.2, 0.25) is 0 Å². The largest absolute Gasteiger partial charge is 0.342 e. The van der Waals surface area contributed by atoms with Gasteiger partial charge in [0.1, 0.15) is 0 Å². The number of rotatable bonds is 1. The Bertz CT molecular complexity index is 432. The second-order valence-corrected chi connectivity index (χ2v) is 4.62. The van der Waals surface area contributed by atoms with Crippen LogP contribution in [0, 0.1) is 0 Å². The average molecular weight is 201 g/mol. The minimum absolute atomic E-state index is 0.0115. The first-order valence-electron chi connectivity index (χ1n) is 5.71. The molecule has 1 fully saturated rings. The highest BCUT2D eigenvalue weighted by molar-refractivity contribution is 6.00. The maximum absolute atomic E-state index is 11.8. The van der Waals surface area contributed by atoms with Gasteiger partial charge in [0.05, 0.1) is 5.54 Å². The molecule has 1 N–H and O–H groups in total. The predicted octanol–water partition coefficient (Wildman–Crippen LogP) is 2.37. The van der Waals surface area contributed by atoms with Crippen LogP contribution in [0.1, 0.15) is 47.7 Å². The summed E-state index contributed by atoms with van der Waals surface area (Å²) in [5, 5.41) is 3.14. The number of hydrogen-bond donors (Lipinski definition) is 1. The molecule has 2 heteroatoms. The van der Waals surface area contributed by atoms with Gasteiger partial charge in [0.25, 0.3) is 5.91 Å². The van der Waals surface area contributed by atoms with Crippen molar-refractivity contribution in [3.05, 3.63) is 34.9 Å². The minimum atomic E-state index is 0.0115. The van der Waals surface area contributed by atoms with Crippen molar-refractivity contribution < 1.29 is 4.79 Å². The van der Waals surface area contributed by atoms with Crippen LogP contribution in [0.5, 0.6) is 0 Å². The summed E-state index contributed by atoms with van der Waals surface area (Å²) in [6.45, 7) is 2.15. The third kappa shape index (κ3) is 1.08. The van der Waals surface area contributed by atoms with Gasteiger partial charge in [-0.3, -0.25) is 4.79 Å². The van der Waals surface area contributed by atoms with E-state index in [1.54, 1.807) is 0 Å². The number of hydrogen-bond acceptors (Lipinski definition) is 1. The number of carbonyl (C=O) groups is 1. The summed E-state index contributed by atoms with van der Waals surface area (Å²) in [7, 11) is 0. The van der Waals surface area contributed by atoms with Crippen molar-refractivity contribution in [3.63, 3.8) is 0 Å². The molecule has 1 aliphatic carbocycles. The standard InChI is InChI=1S/C13H15NO/c1-2-9-4-5-10-11(8-9)13(6-3-7-13)14-12(10)15/h4-5,8H,2-3,6-7H2,1H3,(H,14,15). The molecule has 1 aromatic carbocycles. The monoisotopic (exact) mass is 201 g/mol. The van der Waals surface area contributed by atoms with Gasteiger partial charge < -0.3 is 5.32 Å². The summed E-state index contributed by atoms with van der Waals surface area (Å²) >= 11 is 0. The third-order valence-corrected chi connectivity index (χ3v) is 3.81. The molecule has 0 bridgehead atoms. The van der Waals surface area contributed by atoms with Crippen molar-refractivity contribution >= 4 is 5.91 Å². The molecule has 0 saturated heterocycles. The number of fused-ring (bicyclic) bond motifs is 2. The van der Waals surface area contributed by atoms with Gasteiger partial charge in [-0.2, -0.15) is 0 Å². The Hall–Kier alpha value is -1.31. The molecule has 1 aromatic rings. The first kappa shape index (κ1) is 8.96. The van der Waals surface area contributed by atoms with E-state index < -0.39 is 0 Å². The predicted molar refractivity (Wildman–Crippen MR) is 58.8 cm³/mol. The summed E-state index contributed by atoms with van der Waals surface area (Å²) in [6, 6.07) is 6.26. The SMILES string of the molecule is CCc1ccc2c(c1)C1(CCC1)NC2=O. The lowest BCUT2D eigenvalue weighted by molar-refractivity contribution is 0.0880. The van der Waals surface area contributed by atoms with Crippen LogP contribution in [-0.2, 0) is 12.0 Å². The molecule has 0 radical (unpaired) electrons. The van der Waals surface area contributed by atoms with Crippen LogP contribution >= 0.6 is 0 Å². The maximum atomic E-state index is 11.8. The molecule has 1 aliphatic heterocycles. The Morgan fingerprint density at radius 2 is 2.20 bits per heavy atom. The van der Waals surface area contributed by atoms with Crippen LogP contribution in [0.4, 0.5) is 0 Å². The lowest BCUT2D eigenvalue weighted by atomic mass is 9.72. The summed E-state index contributed by atoms with van der Waals surface area (Å²) in [5.74, 6) is 0.118. The second kappa shape index (κ2) is 2.84. The molecule has 1 heterocycles. The Morgan fingerprint density at radius 1 is 1.40 bits per heavy atom. The Labute approximate surface area is 89.7 Å². The van der Waals surface area contributed by atoms with E-state index in [9.17, 15) is 4.79 Å². The van der Waals surface area contributed by atoms with Crippen LogP contribution in [0.2, 0.25) is 0 Å². The fourth-order valence-electron chi connectivity index (χ4n) is 2.68. The number of carbonyl (C=O) groups excluding carboxylic acids is 1. The van der Waals surface area contributed by atoms with Crippen molar-refractivity contribution in [2.24, 2.45) is 0 Å². The van der Waals surface area contributed by atoms with Crippen molar-refractivity contribution in [1.82, 2.24) is 5.32 Å². The van der Waals surface area contributed by atoms with Crippen molar-refractivity contribution in [2.75, 3.05) is 0 Å². The van der Waals surface area contributed by atoms with Gasteiger partial charge in [0.15, 0.2) is 0 Å². The zero-order chi connectivity index (χ0) is 10.5. The smallest absolute Gasteiger partial charge is 0.252 e. The molecule has 0 aromatic heterocycles. The van der Waals surface area contributed by atoms with E-state index in [0.717, 1.165) is 24.8 Å². The van der Waals surface area contributed by atoms with E-state index in [4.69, 9.17) is 0 Å². The lowest BCUT2D eigenvalue weighted by Crippen LogP contribution is -2.45. The zero-order valence-electron chi connectivity index (χ0n) is 8.97. The van der Waals surface area contributed by atoms with Crippen LogP contribution in [0.25, 0.3) is 0 Å². The summed E-state index contributed by atoms with van der Waals surface area (Å²) in [4.78, 5) is 11.8. The molecule has 1 spiro atoms. The van der Waals surface area contributed by atoms with Crippen LogP contribution in [0.3, 0.4) is 0 Å². The van der Waals surface area contributed by atoms with Gasteiger partial charge >= 0.3 is 0 Å². The fourth-order valence-corrected chi connectivity index (χ4v) is 2.68. The summed E-state index contributed by atoms with van der Waals surface area (Å²) < 4.78 is 0. The highest BCUT2D eigenvalue weighted by Gasteiger charge is 2.46. The molecule has 2 nitrogen and oxygen atoms in total. The number of nitrogens with one attached hydrogen (secondary N) is 1. The Kier molecular flexibility index (Phi) is 1.70. The zero-order valence-corrected chi connectivity index (χ0v) is 8.97. The fraction of sp³-hybridized carbons (Fsp3) is 0.462. The highest BCUT2D eigenvalue weighted by Crippen LogP contribution is 2.46. The van der Waals surface area contributed by atoms with Crippen molar-refractivity contribution in [3.8, 4) is 0 Å². The number of aryl methyl sites for hydroxylation is 1. The van der Waals surface area contributed by atoms with E-state index in [2.05, 4.69) is 24.4 Å². The second-order valence-electron chi connectivity index (χ2n) is 4.62. The molecule has 78 valence electrons. The Balaban J connectivity index is 2.15. The third-order valence-electron chi connectivity index (χ3n) is 3.81. The summed E-state index contributed by atoms with van der Waals surface area (Å²) in [6.07, 6.45) is 4.49. The van der Waals surface area contributed by atoms with E-state index >= 15 is 0 Å². The first-order chi connectivity index (χ1) is 7.25. The van der Waals surface area contributed by atoms with E-state index in [-0.39, 0.29) is 11.4 Å². The van der Waals surface area contributed by atoms with Gasteiger partial charge in [-0.1, -0.05) is 19.1 Å². The van der Waals surface area contributed by atoms with E-state index in [1.807, 2.05) is 6.07 Å². The van der Waals surface area contributed by atoms with Gasteiger partial charge in [-0.15, -0.1) is 0 Å². The van der Waals surface area contributed by atoms with Gasteiger partial charge in [-0.05, 0) is 42.9 Å². The molecular formula is C13H15NO. The highest BCUT2D eigenvalue weighted by atomic mass is 16.2. The molecular weight excluding hydrogens is 186 g/mol. The molecule has 3 rings (SSSR count). The summed E-state index contributed by atoms with van der Waals surface area (Å²) in [5.41, 5.74) is 3.49. The van der Waals surface area contributed by atoms with E-state index in [0.29, 0.717) is 0 Å². The van der Waals surface area contributed by atoms with Crippen LogP contribution in [0.15, 0.2) is 18.2 Å². The average Bonchev–Trinajstić information content (AvgIpc) is 2.51. The van der Waals surface area contributed by atoms with E-state index in [1.165, 1.54) is 17.5 Å². The van der Waals surface area contributed by atoms with Crippen LogP contribution < -0.4 is 5.32 Å². The van der Waals surface area contributed by atoms with Crippen molar-refractivity contribution in [1.29, 1.82) is 0 Å². The maximum Gasteiger partial charge on any atom is 0.252 e.